The van der Waals surface area contributed by atoms with Gasteiger partial charge in [-0.25, -0.2) is 0 Å². The Labute approximate surface area is 157 Å². The Morgan fingerprint density at radius 1 is 0.963 bits per heavy atom. The van der Waals surface area contributed by atoms with Crippen molar-refractivity contribution in [1.82, 2.24) is 10.3 Å². The largest absolute Gasteiger partial charge is 0.492 e. The highest BCUT2D eigenvalue weighted by Gasteiger charge is 2.07. The Kier molecular flexibility index (Phi) is 4.96. The van der Waals surface area contributed by atoms with Crippen molar-refractivity contribution in [2.45, 2.75) is 6.10 Å². The molecule has 0 amide bonds. The molecule has 1 heterocycles. The van der Waals surface area contributed by atoms with E-state index in [4.69, 9.17) is 10.5 Å². The van der Waals surface area contributed by atoms with Crippen molar-refractivity contribution >= 4 is 27.5 Å². The van der Waals surface area contributed by atoms with Gasteiger partial charge in [0, 0.05) is 41.1 Å². The molecule has 0 aliphatic carbocycles. The van der Waals surface area contributed by atoms with E-state index in [0.29, 0.717) is 25.4 Å². The maximum absolute atomic E-state index is 10.2. The molecular formula is C22H23N3O2. The molecule has 1 unspecified atom stereocenters. The first kappa shape index (κ1) is 17.4. The molecule has 0 radical (unpaired) electrons. The van der Waals surface area contributed by atoms with Gasteiger partial charge in [-0.3, -0.25) is 0 Å². The number of hydrogen-bond acceptors (Lipinski definition) is 4. The monoisotopic (exact) mass is 361 g/mol. The second kappa shape index (κ2) is 7.70. The normalized spacial score (nSPS) is 12.5. The Morgan fingerprint density at radius 3 is 2.70 bits per heavy atom. The molecule has 27 heavy (non-hydrogen) atoms. The number of anilines is 1. The van der Waals surface area contributed by atoms with Crippen LogP contribution in [0.4, 0.5) is 5.69 Å². The van der Waals surface area contributed by atoms with Crippen molar-refractivity contribution < 1.29 is 9.84 Å². The van der Waals surface area contributed by atoms with Crippen molar-refractivity contribution in [3.8, 4) is 5.75 Å². The molecule has 4 rings (SSSR count). The molecule has 0 aliphatic heterocycles. The predicted octanol–water partition coefficient (Wildman–Crippen LogP) is 3.61. The third-order valence-electron chi connectivity index (χ3n) is 4.66. The maximum atomic E-state index is 10.2. The van der Waals surface area contributed by atoms with Crippen molar-refractivity contribution in [2.75, 3.05) is 25.4 Å². The molecule has 4 aromatic rings. The highest BCUT2D eigenvalue weighted by atomic mass is 16.5. The minimum atomic E-state index is -0.587. The zero-order valence-electron chi connectivity index (χ0n) is 15.0. The van der Waals surface area contributed by atoms with E-state index in [2.05, 4.69) is 28.5 Å². The van der Waals surface area contributed by atoms with Crippen molar-refractivity contribution in [2.24, 2.45) is 0 Å². The molecule has 5 heteroatoms. The van der Waals surface area contributed by atoms with E-state index < -0.39 is 6.10 Å². The number of nitrogens with two attached hydrogens (primary N) is 1. The summed E-state index contributed by atoms with van der Waals surface area (Å²) in [5.41, 5.74) is 9.41. The Balaban J connectivity index is 1.29. The fourth-order valence-electron chi connectivity index (χ4n) is 3.29. The molecule has 1 atom stereocenters. The number of fused-ring (bicyclic) bond motifs is 3. The summed E-state index contributed by atoms with van der Waals surface area (Å²) in [7, 11) is 0. The molecular weight excluding hydrogens is 338 g/mol. The Bertz CT molecular complexity index is 1060. The van der Waals surface area contributed by atoms with Crippen molar-refractivity contribution in [3.63, 3.8) is 0 Å². The lowest BCUT2D eigenvalue weighted by Gasteiger charge is -2.13. The number of aliphatic hydroxyl groups is 1. The number of nitrogens with one attached hydrogen (secondary N) is 2. The number of aromatic amines is 1. The van der Waals surface area contributed by atoms with Crippen LogP contribution in [-0.2, 0) is 0 Å². The second-order valence-corrected chi connectivity index (χ2v) is 6.62. The van der Waals surface area contributed by atoms with E-state index in [9.17, 15) is 5.11 Å². The smallest absolute Gasteiger partial charge is 0.121 e. The summed E-state index contributed by atoms with van der Waals surface area (Å²) < 4.78 is 5.83. The topological polar surface area (TPSA) is 83.3 Å². The summed E-state index contributed by atoms with van der Waals surface area (Å²) in [6.45, 7) is 1.62. The van der Waals surface area contributed by atoms with Gasteiger partial charge in [-0.2, -0.15) is 0 Å². The summed E-state index contributed by atoms with van der Waals surface area (Å²) in [5.74, 6) is 0.826. The van der Waals surface area contributed by atoms with Crippen LogP contribution in [0.1, 0.15) is 11.7 Å². The lowest BCUT2D eigenvalue weighted by molar-refractivity contribution is 0.172. The van der Waals surface area contributed by atoms with Gasteiger partial charge in [-0.05, 0) is 35.9 Å². The molecule has 0 aliphatic rings. The van der Waals surface area contributed by atoms with Gasteiger partial charge >= 0.3 is 0 Å². The van der Waals surface area contributed by atoms with Gasteiger partial charge < -0.3 is 25.9 Å². The number of para-hydroxylation sites is 1. The minimum absolute atomic E-state index is 0.452. The van der Waals surface area contributed by atoms with E-state index in [0.717, 1.165) is 22.3 Å². The lowest BCUT2D eigenvalue weighted by Crippen LogP contribution is -2.26. The molecule has 138 valence electrons. The number of aliphatic hydroxyl groups excluding tert-OH is 1. The molecule has 1 aromatic heterocycles. The SMILES string of the molecule is Nc1cccc(C(O)CNCCOc2ccc3c(c2)[nH]c2ccccc23)c1. The fourth-order valence-corrected chi connectivity index (χ4v) is 3.29. The molecule has 5 N–H and O–H groups in total. The number of rotatable bonds is 7. The van der Waals surface area contributed by atoms with Gasteiger partial charge in [-0.1, -0.05) is 30.3 Å². The van der Waals surface area contributed by atoms with Crippen LogP contribution < -0.4 is 15.8 Å². The second-order valence-electron chi connectivity index (χ2n) is 6.62. The van der Waals surface area contributed by atoms with E-state index in [1.807, 2.05) is 42.5 Å². The van der Waals surface area contributed by atoms with Crippen LogP contribution >= 0.6 is 0 Å². The van der Waals surface area contributed by atoms with Crippen molar-refractivity contribution in [1.29, 1.82) is 0 Å². The summed E-state index contributed by atoms with van der Waals surface area (Å²) in [4.78, 5) is 3.42. The lowest BCUT2D eigenvalue weighted by atomic mass is 10.1. The molecule has 3 aromatic carbocycles. The average Bonchev–Trinajstić information content (AvgIpc) is 3.05. The van der Waals surface area contributed by atoms with E-state index >= 15 is 0 Å². The zero-order valence-corrected chi connectivity index (χ0v) is 15.0. The van der Waals surface area contributed by atoms with Crippen LogP contribution in [0.5, 0.6) is 5.75 Å². The van der Waals surface area contributed by atoms with Gasteiger partial charge in [-0.15, -0.1) is 0 Å². The van der Waals surface area contributed by atoms with E-state index in [1.165, 1.54) is 10.8 Å². The third-order valence-corrected chi connectivity index (χ3v) is 4.66. The van der Waals surface area contributed by atoms with Crippen LogP contribution in [0, 0.1) is 0 Å². The van der Waals surface area contributed by atoms with Gasteiger partial charge in [0.25, 0.3) is 0 Å². The summed E-state index contributed by atoms with van der Waals surface area (Å²) in [6, 6.07) is 21.7. The highest BCUT2D eigenvalue weighted by molar-refractivity contribution is 6.07. The highest BCUT2D eigenvalue weighted by Crippen LogP contribution is 2.28. The van der Waals surface area contributed by atoms with Crippen LogP contribution in [0.2, 0.25) is 0 Å². The first-order valence-corrected chi connectivity index (χ1v) is 9.08. The molecule has 0 fully saturated rings. The summed E-state index contributed by atoms with van der Waals surface area (Å²) in [6.07, 6.45) is -0.587. The van der Waals surface area contributed by atoms with Crippen molar-refractivity contribution in [3.05, 3.63) is 72.3 Å². The number of aromatic nitrogens is 1. The minimum Gasteiger partial charge on any atom is -0.492 e. The number of nitrogen functional groups attached to an aromatic ring is 1. The molecule has 0 bridgehead atoms. The third kappa shape index (κ3) is 3.89. The summed E-state index contributed by atoms with van der Waals surface area (Å²) >= 11 is 0. The predicted molar refractivity (Wildman–Crippen MR) is 110 cm³/mol. The standard InChI is InChI=1S/C22H23N3O2/c23-16-5-3-4-15(12-16)22(26)14-24-10-11-27-17-8-9-19-18-6-1-2-7-20(18)25-21(19)13-17/h1-9,12-13,22,24-26H,10-11,14,23H2. The molecule has 0 spiro atoms. The van der Waals surface area contributed by atoms with Gasteiger partial charge in [0.1, 0.15) is 12.4 Å². The number of hydrogen-bond donors (Lipinski definition) is 4. The first-order chi connectivity index (χ1) is 13.2. The van der Waals surface area contributed by atoms with Crippen LogP contribution in [0.15, 0.2) is 66.7 Å². The van der Waals surface area contributed by atoms with Crippen LogP contribution in [0.25, 0.3) is 21.8 Å². The maximum Gasteiger partial charge on any atom is 0.121 e. The molecule has 0 saturated carbocycles. The zero-order chi connectivity index (χ0) is 18.6. The van der Waals surface area contributed by atoms with Gasteiger partial charge in [0.2, 0.25) is 0 Å². The van der Waals surface area contributed by atoms with Crippen LogP contribution in [-0.4, -0.2) is 29.8 Å². The van der Waals surface area contributed by atoms with Gasteiger partial charge in [0.05, 0.1) is 11.6 Å². The Hall–Kier alpha value is -3.02. The number of ether oxygens (including phenoxy) is 1. The quantitative estimate of drug-likeness (QED) is 0.299. The van der Waals surface area contributed by atoms with Crippen LogP contribution in [0.3, 0.4) is 0 Å². The van der Waals surface area contributed by atoms with E-state index in [1.54, 1.807) is 6.07 Å². The first-order valence-electron chi connectivity index (χ1n) is 9.08. The van der Waals surface area contributed by atoms with Gasteiger partial charge in [0.15, 0.2) is 0 Å². The number of benzene rings is 3. The molecule has 0 saturated heterocycles. The molecule has 5 nitrogen and oxygen atoms in total. The average molecular weight is 361 g/mol. The Morgan fingerprint density at radius 2 is 1.81 bits per heavy atom. The number of H-pyrrole nitrogens is 1. The van der Waals surface area contributed by atoms with E-state index in [-0.39, 0.29) is 0 Å². The fraction of sp³-hybridized carbons (Fsp3) is 0.182. The summed E-state index contributed by atoms with van der Waals surface area (Å²) in [5, 5.41) is 15.8.